The summed E-state index contributed by atoms with van der Waals surface area (Å²) in [5.74, 6) is -3.23. The van der Waals surface area contributed by atoms with Gasteiger partial charge in [0.2, 0.25) is 17.7 Å². The molecule has 1 aliphatic carbocycles. The van der Waals surface area contributed by atoms with E-state index in [1.54, 1.807) is 44.2 Å². The number of nitrogens with one attached hydrogen (secondary N) is 2. The molecule has 7 amide bonds. The van der Waals surface area contributed by atoms with Crippen molar-refractivity contribution in [2.75, 3.05) is 78.9 Å². The lowest BCUT2D eigenvalue weighted by molar-refractivity contribution is -0.162. The molecule has 1 aromatic carbocycles. The van der Waals surface area contributed by atoms with E-state index in [2.05, 4.69) is 26.6 Å². The Morgan fingerprint density at radius 3 is 2.41 bits per heavy atom. The maximum absolute atomic E-state index is 14.4. The molecule has 5 rings (SSSR count). The van der Waals surface area contributed by atoms with Crippen LogP contribution in [0.4, 0.5) is 20.1 Å². The van der Waals surface area contributed by atoms with Crippen LogP contribution in [0, 0.1) is 5.92 Å². The maximum Gasteiger partial charge on any atom is 0.410 e. The molecule has 2 fully saturated rings. The number of carbonyl (C=O) groups is 8. The number of hydrogen-bond donors (Lipinski definition) is 3. The highest BCUT2D eigenvalue weighted by molar-refractivity contribution is 9.09. The highest BCUT2D eigenvalue weighted by atomic mass is 79.9. The molecule has 4 bridgehead atoms. The molecule has 3 heterocycles. The largest absolute Gasteiger partial charge is 0.495 e. The molecule has 432 valence electrons. The van der Waals surface area contributed by atoms with Gasteiger partial charge in [-0.15, -0.1) is 0 Å². The minimum Gasteiger partial charge on any atom is -0.495 e. The molecule has 25 heteroatoms. The third-order valence-electron chi connectivity index (χ3n) is 14.3. The first-order valence-electron chi connectivity index (χ1n) is 25.7. The van der Waals surface area contributed by atoms with Gasteiger partial charge in [-0.05, 0) is 76.6 Å². The molecule has 23 nitrogen and oxygen atoms in total. The van der Waals surface area contributed by atoms with Crippen LogP contribution in [-0.4, -0.2) is 196 Å². The summed E-state index contributed by atoms with van der Waals surface area (Å²) in [5, 5.41) is 16.7. The molecule has 4 aliphatic rings. The fourth-order valence-corrected chi connectivity index (χ4v) is 9.70. The van der Waals surface area contributed by atoms with Crippen molar-refractivity contribution in [3.05, 3.63) is 58.7 Å². The predicted molar refractivity (Wildman–Crippen MR) is 287 cm³/mol. The second-order valence-electron chi connectivity index (χ2n) is 20.2. The van der Waals surface area contributed by atoms with Crippen LogP contribution in [0.1, 0.15) is 78.2 Å². The third-order valence-corrected chi connectivity index (χ3v) is 15.2. The van der Waals surface area contributed by atoms with Gasteiger partial charge in [0.05, 0.1) is 43.2 Å². The van der Waals surface area contributed by atoms with Crippen LogP contribution < -0.4 is 20.3 Å². The van der Waals surface area contributed by atoms with Crippen LogP contribution in [-0.2, 0) is 63.6 Å². The lowest BCUT2D eigenvalue weighted by Crippen LogP contribution is -2.63. The normalized spacial score (nSPS) is 28.2. The number of aliphatic hydroxyl groups is 1. The van der Waals surface area contributed by atoms with Crippen molar-refractivity contribution in [3.8, 4) is 5.75 Å². The van der Waals surface area contributed by atoms with Gasteiger partial charge in [0.15, 0.2) is 5.72 Å². The van der Waals surface area contributed by atoms with Crippen molar-refractivity contribution in [2.24, 2.45) is 5.92 Å². The van der Waals surface area contributed by atoms with Gasteiger partial charge in [-0.25, -0.2) is 19.2 Å². The number of alkyl carbamates (subject to hydrolysis) is 1. The SMILES string of the molecule is COc1cc2cc(c1Cl)N(C)C(=O)C[C@H](OC(=O)[C@H](C)N(C)C(=O)CCOC(=O)N(C)CCN(C)C(=O)OC1/C=C/CC(OCC(=O)NC(=O)CBr)CCC1)[C@]1(C)O[C@H]1[C@H](C)[C@@H]1C[C@@](O)(NC(=O)O1)[C@H](OC)/C=C/C=C(\C)C2. The van der Waals surface area contributed by atoms with E-state index < -0.39 is 108 Å². The average molecular weight is 1180 g/mol. The van der Waals surface area contributed by atoms with Gasteiger partial charge in [0.1, 0.15) is 60.0 Å². The third kappa shape index (κ3) is 16.9. The van der Waals surface area contributed by atoms with Crippen LogP contribution in [0.5, 0.6) is 5.75 Å². The minimum atomic E-state index is -1.89. The number of imide groups is 1. The first-order valence-corrected chi connectivity index (χ1v) is 27.2. The Bertz CT molecular complexity index is 2460. The van der Waals surface area contributed by atoms with Crippen molar-refractivity contribution in [2.45, 2.75) is 133 Å². The van der Waals surface area contributed by atoms with Crippen molar-refractivity contribution in [3.63, 3.8) is 0 Å². The van der Waals surface area contributed by atoms with Crippen molar-refractivity contribution in [1.29, 1.82) is 0 Å². The molecule has 2 unspecified atom stereocenters. The number of halogens is 2. The molecular formula is C53H74BrClN6O17. The number of nitrogens with zero attached hydrogens (tertiary/aromatic N) is 4. The van der Waals surface area contributed by atoms with Gasteiger partial charge in [0.25, 0.3) is 5.91 Å². The first kappa shape index (κ1) is 63.0. The number of carbonyl (C=O) groups excluding carboxylic acids is 8. The summed E-state index contributed by atoms with van der Waals surface area (Å²) in [6.45, 7) is 6.33. The summed E-state index contributed by atoms with van der Waals surface area (Å²) >= 11 is 9.79. The molecule has 3 aliphatic heterocycles. The maximum atomic E-state index is 14.4. The Balaban J connectivity index is 1.18. The topological polar surface area (TPSA) is 271 Å². The zero-order chi connectivity index (χ0) is 57.6. The number of ether oxygens (including phenoxy) is 8. The van der Waals surface area contributed by atoms with E-state index in [-0.39, 0.29) is 55.6 Å². The van der Waals surface area contributed by atoms with Gasteiger partial charge >= 0.3 is 24.2 Å². The van der Waals surface area contributed by atoms with E-state index in [1.807, 2.05) is 19.1 Å². The van der Waals surface area contributed by atoms with Crippen LogP contribution in [0.25, 0.3) is 0 Å². The standard InChI is InChI=1S/C53H74BrClN6O17/c1-31-14-11-19-40(72-10)53(70)28-39(76-49(67)57-53)32(2)47-52(4,78-47)41(27-45(65)61(8)37-25-34(24-31)26-38(71-9)46(37)55)77-48(66)33(3)60(7)44(64)20-23-73-50(68)58(5)21-22-59(6)51(69)75-36-17-12-15-35(16-13-18-36)74-30-43(63)56-42(62)29-54/h11-12,14,17,19,25-26,32-33,35-36,39-41,47,70H,13,15-16,18,20-24,27-30H2,1-10H3,(H,57,67)(H,56,62,63)/b17-12+,19-11+,31-14+/t32-,33+,35?,36?,39+,40-,41+,47+,52+,53+/m1/s1. The molecule has 0 saturated carbocycles. The van der Waals surface area contributed by atoms with E-state index >= 15 is 0 Å². The lowest BCUT2D eigenvalue weighted by atomic mass is 9.83. The number of benzene rings is 1. The molecule has 2 saturated heterocycles. The van der Waals surface area contributed by atoms with E-state index in [4.69, 9.17) is 49.5 Å². The second kappa shape index (κ2) is 28.4. The number of esters is 1. The van der Waals surface area contributed by atoms with E-state index in [1.165, 1.54) is 64.0 Å². The number of amides is 7. The number of fused-ring (bicyclic) bond motifs is 5. The molecule has 0 spiro atoms. The molecule has 0 aromatic heterocycles. The average Bonchev–Trinajstić information content (AvgIpc) is 4.23. The Kier molecular flexibility index (Phi) is 22.9. The predicted octanol–water partition coefficient (Wildman–Crippen LogP) is 4.96. The number of rotatable bonds is 16. The van der Waals surface area contributed by atoms with Gasteiger partial charge in [0, 0.05) is 60.7 Å². The van der Waals surface area contributed by atoms with Crippen molar-refractivity contribution < 1.29 is 81.4 Å². The number of methoxy groups -OCH3 is 2. The summed E-state index contributed by atoms with van der Waals surface area (Å²) in [6.07, 6.45) is 3.64. The summed E-state index contributed by atoms with van der Waals surface area (Å²) in [7, 11) is 8.77. The summed E-state index contributed by atoms with van der Waals surface area (Å²) in [6, 6.07) is 2.31. The fraction of sp³-hybridized carbons (Fsp3) is 0.623. The van der Waals surface area contributed by atoms with Gasteiger partial charge in [-0.2, -0.15) is 0 Å². The van der Waals surface area contributed by atoms with Crippen LogP contribution in [0.3, 0.4) is 0 Å². The zero-order valence-electron chi connectivity index (χ0n) is 45.9. The van der Waals surface area contributed by atoms with Gasteiger partial charge < -0.3 is 62.6 Å². The quantitative estimate of drug-likeness (QED) is 0.0649. The fourth-order valence-electron chi connectivity index (χ4n) is 9.24. The number of alkyl halides is 1. The van der Waals surface area contributed by atoms with Crippen LogP contribution in [0.2, 0.25) is 5.02 Å². The van der Waals surface area contributed by atoms with Gasteiger partial charge in [-0.1, -0.05) is 64.3 Å². The summed E-state index contributed by atoms with van der Waals surface area (Å²) in [5.41, 5.74) is -1.26. The number of epoxide rings is 1. The number of likely N-dealkylation sites (N-methyl/N-ethyl adjacent to an activating group) is 3. The Hall–Kier alpha value is -5.79. The van der Waals surface area contributed by atoms with Crippen LogP contribution >= 0.6 is 27.5 Å². The van der Waals surface area contributed by atoms with E-state index in [9.17, 15) is 43.5 Å². The Labute approximate surface area is 468 Å². The Morgan fingerprint density at radius 2 is 1.73 bits per heavy atom. The van der Waals surface area contributed by atoms with Crippen molar-refractivity contribution >= 4 is 81.1 Å². The second-order valence-corrected chi connectivity index (χ2v) is 21.1. The molecule has 10 atom stereocenters. The molecule has 78 heavy (non-hydrogen) atoms. The zero-order valence-corrected chi connectivity index (χ0v) is 48.2. The summed E-state index contributed by atoms with van der Waals surface area (Å²) in [4.78, 5) is 109. The van der Waals surface area contributed by atoms with Gasteiger partial charge in [-0.3, -0.25) is 29.8 Å². The number of allylic oxidation sites excluding steroid dienone is 3. The minimum absolute atomic E-state index is 0.00370. The van der Waals surface area contributed by atoms with E-state index in [0.29, 0.717) is 43.5 Å². The van der Waals surface area contributed by atoms with E-state index in [0.717, 1.165) is 16.0 Å². The van der Waals surface area contributed by atoms with Crippen LogP contribution in [0.15, 0.2) is 48.1 Å². The molecule has 3 N–H and O–H groups in total. The smallest absolute Gasteiger partial charge is 0.410 e. The summed E-state index contributed by atoms with van der Waals surface area (Å²) < 4.78 is 46.0. The number of anilines is 1. The molecular weight excluding hydrogens is 1110 g/mol. The highest BCUT2D eigenvalue weighted by Crippen LogP contribution is 2.49. The Morgan fingerprint density at radius 1 is 1.03 bits per heavy atom. The van der Waals surface area contributed by atoms with Crippen molar-refractivity contribution in [1.82, 2.24) is 25.3 Å². The first-order chi connectivity index (χ1) is 36.8. The number of hydrogen-bond acceptors (Lipinski definition) is 17. The lowest BCUT2D eigenvalue weighted by Gasteiger charge is -2.42. The molecule has 1 aromatic rings. The molecule has 0 radical (unpaired) electrons. The highest BCUT2D eigenvalue weighted by Gasteiger charge is 2.64. The monoisotopic (exact) mass is 1180 g/mol.